The van der Waals surface area contributed by atoms with Gasteiger partial charge >= 0.3 is 6.18 Å². The summed E-state index contributed by atoms with van der Waals surface area (Å²) < 4.78 is 46.2. The molecule has 0 spiro atoms. The first-order valence-electron chi connectivity index (χ1n) is 11.6. The predicted molar refractivity (Wildman–Crippen MR) is 129 cm³/mol. The van der Waals surface area contributed by atoms with Crippen LogP contribution in [0.3, 0.4) is 0 Å². The summed E-state index contributed by atoms with van der Waals surface area (Å²) >= 11 is 0. The van der Waals surface area contributed by atoms with Crippen LogP contribution < -0.4 is 15.5 Å². The summed E-state index contributed by atoms with van der Waals surface area (Å²) in [5.74, 6) is 0.812. The number of hydrogen-bond donors (Lipinski definition) is 2. The second-order valence-electron chi connectivity index (χ2n) is 8.73. The van der Waals surface area contributed by atoms with Gasteiger partial charge in [0.05, 0.1) is 29.6 Å². The summed E-state index contributed by atoms with van der Waals surface area (Å²) in [4.78, 5) is 0. The summed E-state index contributed by atoms with van der Waals surface area (Å²) in [5.41, 5.74) is 7.39. The average molecular weight is 469 g/mol. The van der Waals surface area contributed by atoms with Gasteiger partial charge in [-0.05, 0) is 80.3 Å². The summed E-state index contributed by atoms with van der Waals surface area (Å²) in [7, 11) is 1.67. The lowest BCUT2D eigenvalue weighted by Gasteiger charge is -2.27. The van der Waals surface area contributed by atoms with Crippen molar-refractivity contribution in [3.8, 4) is 5.75 Å². The molecular weight excluding hydrogens is 441 g/mol. The fourth-order valence-corrected chi connectivity index (χ4v) is 4.88. The lowest BCUT2D eigenvalue weighted by molar-refractivity contribution is -0.137. The van der Waals surface area contributed by atoms with Crippen molar-refractivity contribution >= 4 is 28.5 Å². The Bertz CT molecular complexity index is 1240. The monoisotopic (exact) mass is 468 g/mol. The van der Waals surface area contributed by atoms with E-state index < -0.39 is 11.7 Å². The van der Waals surface area contributed by atoms with Crippen molar-refractivity contribution in [2.24, 2.45) is 5.10 Å². The molecule has 0 bridgehead atoms. The summed E-state index contributed by atoms with van der Waals surface area (Å²) in [6.07, 6.45) is 4.53. The smallest absolute Gasteiger partial charge is 0.416 e. The molecule has 1 atom stereocenters. The second kappa shape index (κ2) is 9.18. The molecule has 34 heavy (non-hydrogen) atoms. The van der Waals surface area contributed by atoms with Gasteiger partial charge in [0.1, 0.15) is 5.75 Å². The lowest BCUT2D eigenvalue weighted by atomic mass is 9.95. The topological polar surface area (TPSA) is 50.6 Å². The van der Waals surface area contributed by atoms with E-state index in [1.54, 1.807) is 7.11 Å². The number of aromatic nitrogens is 1. The van der Waals surface area contributed by atoms with E-state index in [4.69, 9.17) is 4.74 Å². The van der Waals surface area contributed by atoms with Crippen LogP contribution in [0.4, 0.5) is 18.9 Å². The van der Waals surface area contributed by atoms with Gasteiger partial charge in [-0.15, -0.1) is 0 Å². The van der Waals surface area contributed by atoms with Crippen molar-refractivity contribution in [1.29, 1.82) is 0 Å². The van der Waals surface area contributed by atoms with Gasteiger partial charge in [0, 0.05) is 29.4 Å². The number of nitrogens with zero attached hydrogens (tertiary/aromatic N) is 2. The molecule has 8 heteroatoms. The molecule has 0 saturated heterocycles. The van der Waals surface area contributed by atoms with Crippen molar-refractivity contribution in [2.75, 3.05) is 19.1 Å². The van der Waals surface area contributed by atoms with E-state index in [2.05, 4.69) is 38.7 Å². The molecule has 3 aromatic rings. The van der Waals surface area contributed by atoms with Crippen LogP contribution in [0, 0.1) is 0 Å². The summed E-state index contributed by atoms with van der Waals surface area (Å²) in [6, 6.07) is 11.4. The summed E-state index contributed by atoms with van der Waals surface area (Å²) in [6.45, 7) is 0.969. The van der Waals surface area contributed by atoms with Crippen molar-refractivity contribution in [2.45, 2.75) is 44.3 Å². The van der Waals surface area contributed by atoms with Crippen molar-refractivity contribution < 1.29 is 17.9 Å². The van der Waals surface area contributed by atoms with Gasteiger partial charge in [-0.3, -0.25) is 5.43 Å². The largest absolute Gasteiger partial charge is 0.497 e. The molecule has 2 N–H and O–H groups in total. The van der Waals surface area contributed by atoms with E-state index in [1.165, 1.54) is 28.8 Å². The zero-order valence-electron chi connectivity index (χ0n) is 19.0. The maximum atomic E-state index is 12.8. The molecule has 3 heterocycles. The number of halogens is 3. The van der Waals surface area contributed by atoms with E-state index in [-0.39, 0.29) is 0 Å². The molecule has 0 fully saturated rings. The van der Waals surface area contributed by atoms with Crippen LogP contribution in [0.5, 0.6) is 5.75 Å². The molecule has 2 aliphatic heterocycles. The van der Waals surface area contributed by atoms with Crippen LogP contribution in [-0.2, 0) is 12.6 Å². The van der Waals surface area contributed by atoms with E-state index in [1.807, 2.05) is 12.1 Å². The van der Waals surface area contributed by atoms with Gasteiger partial charge in [-0.2, -0.15) is 18.3 Å². The van der Waals surface area contributed by atoms with Gasteiger partial charge < -0.3 is 14.6 Å². The third-order valence-corrected chi connectivity index (χ3v) is 6.59. The average Bonchev–Trinajstić information content (AvgIpc) is 3.16. The number of ether oxygens (including phenoxy) is 1. The highest BCUT2D eigenvalue weighted by atomic mass is 19.4. The number of alkyl halides is 3. The molecule has 178 valence electrons. The Morgan fingerprint density at radius 1 is 1.09 bits per heavy atom. The first kappa shape index (κ1) is 22.5. The maximum Gasteiger partial charge on any atom is 0.416 e. The first-order valence-corrected chi connectivity index (χ1v) is 11.6. The first-order chi connectivity index (χ1) is 16.4. The number of hydrogen-bond acceptors (Lipinski definition) is 4. The van der Waals surface area contributed by atoms with Gasteiger partial charge in [-0.1, -0.05) is 6.42 Å². The van der Waals surface area contributed by atoms with Gasteiger partial charge in [-0.25, -0.2) is 0 Å². The number of fused-ring (bicyclic) bond motifs is 3. The fourth-order valence-electron chi connectivity index (χ4n) is 4.88. The Morgan fingerprint density at radius 2 is 1.91 bits per heavy atom. The highest BCUT2D eigenvalue weighted by Crippen LogP contribution is 2.37. The maximum absolute atomic E-state index is 12.8. The molecule has 0 aliphatic carbocycles. The number of methoxy groups -OCH3 is 1. The number of hydrazone groups is 1. The highest BCUT2D eigenvalue weighted by molar-refractivity contribution is 5.98. The van der Waals surface area contributed by atoms with E-state index >= 15 is 0 Å². The second-order valence-corrected chi connectivity index (χ2v) is 8.73. The number of nitrogens with one attached hydrogen (secondary N) is 2. The van der Waals surface area contributed by atoms with Crippen LogP contribution in [0.1, 0.15) is 48.5 Å². The van der Waals surface area contributed by atoms with Gasteiger partial charge in [0.2, 0.25) is 0 Å². The van der Waals surface area contributed by atoms with Crippen molar-refractivity contribution in [3.63, 3.8) is 0 Å². The van der Waals surface area contributed by atoms with Crippen LogP contribution >= 0.6 is 0 Å². The minimum Gasteiger partial charge on any atom is -0.497 e. The third-order valence-electron chi connectivity index (χ3n) is 6.59. The molecule has 5 rings (SSSR count). The van der Waals surface area contributed by atoms with Gasteiger partial charge in [0.15, 0.2) is 0 Å². The van der Waals surface area contributed by atoms with Crippen LogP contribution in [-0.4, -0.2) is 23.9 Å². The number of anilines is 1. The summed E-state index contributed by atoms with van der Waals surface area (Å²) in [5, 5.41) is 9.44. The number of rotatable bonds is 3. The molecule has 5 nitrogen and oxygen atoms in total. The van der Waals surface area contributed by atoms with E-state index in [9.17, 15) is 13.2 Å². The van der Waals surface area contributed by atoms with Crippen molar-refractivity contribution in [1.82, 2.24) is 9.88 Å². The zero-order chi connectivity index (χ0) is 23.7. The Hall–Kier alpha value is -3.26. The number of allylic oxidation sites excluding steroid dienone is 1. The van der Waals surface area contributed by atoms with Crippen molar-refractivity contribution in [3.05, 3.63) is 65.4 Å². The predicted octanol–water partition coefficient (Wildman–Crippen LogP) is 6.37. The molecule has 0 saturated carbocycles. The van der Waals surface area contributed by atoms with Crippen LogP contribution in [0.15, 0.2) is 53.6 Å². The quantitative estimate of drug-likeness (QED) is 0.439. The van der Waals surface area contributed by atoms with E-state index in [0.29, 0.717) is 11.7 Å². The Morgan fingerprint density at radius 3 is 2.68 bits per heavy atom. The molecule has 0 amide bonds. The molecule has 1 aromatic heterocycles. The number of benzene rings is 2. The fraction of sp³-hybridized carbons (Fsp3) is 0.346. The standard InChI is InChI=1S/C26H27F3N4O/c1-34-20-10-11-21-22-12-14-30-23-5-3-2-4-18(13-15-33(25(22)23)24(21)16-20)31-32-19-8-6-17(7-9-19)26(27,28)29/h6-11,13,15-16,23,30,32H,2-5,12,14H2,1H3/b15-13-,31-18-/t23-/m0/s1. The minimum absolute atomic E-state index is 0.301. The minimum atomic E-state index is -4.35. The highest BCUT2D eigenvalue weighted by Gasteiger charge is 2.30. The van der Waals surface area contributed by atoms with E-state index in [0.717, 1.165) is 67.8 Å². The molecule has 0 radical (unpaired) electrons. The third kappa shape index (κ3) is 4.42. The zero-order valence-corrected chi connectivity index (χ0v) is 19.0. The Kier molecular flexibility index (Phi) is 6.08. The SMILES string of the molecule is COc1ccc2c3c4n(c2c1)/C=C\C(=N/Nc1ccc(C(F)(F)F)cc1)CCCC[C@@H]4NCC3. The molecule has 2 aromatic carbocycles. The van der Waals surface area contributed by atoms with Crippen LogP contribution in [0.25, 0.3) is 17.1 Å². The normalized spacial score (nSPS) is 20.7. The molecule has 0 unspecified atom stereocenters. The Balaban J connectivity index is 1.49. The lowest BCUT2D eigenvalue weighted by Crippen LogP contribution is -2.31. The van der Waals surface area contributed by atoms with Crippen LogP contribution in [0.2, 0.25) is 0 Å². The van der Waals surface area contributed by atoms with Gasteiger partial charge in [0.25, 0.3) is 0 Å². The molecule has 2 aliphatic rings. The molecular formula is C26H27F3N4O. The Labute approximate surface area is 196 Å².